The number of carbonyl (C=O) groups is 4. The van der Waals surface area contributed by atoms with Gasteiger partial charge in [-0.3, -0.25) is 20.6 Å². The van der Waals surface area contributed by atoms with Crippen molar-refractivity contribution >= 4 is 24.0 Å². The van der Waals surface area contributed by atoms with E-state index in [1.54, 1.807) is 43.2 Å². The molecular formula is C42H55N9O9. The number of aromatic amines is 2. The normalized spacial score (nSPS) is 21.5. The second-order valence-electron chi connectivity index (χ2n) is 15.5. The fourth-order valence-electron chi connectivity index (χ4n) is 8.14. The zero-order valence-electron chi connectivity index (χ0n) is 34.9. The Balaban J connectivity index is 1.15. The lowest BCUT2D eigenvalue weighted by Gasteiger charge is -2.39. The van der Waals surface area contributed by atoms with Crippen LogP contribution in [0.15, 0.2) is 60.9 Å². The van der Waals surface area contributed by atoms with Crippen molar-refractivity contribution in [3.8, 4) is 33.6 Å². The van der Waals surface area contributed by atoms with E-state index in [4.69, 9.17) is 24.7 Å². The first kappa shape index (κ1) is 43.8. The maximum Gasteiger partial charge on any atom is 0.408 e. The Morgan fingerprint density at radius 3 is 1.92 bits per heavy atom. The zero-order valence-corrected chi connectivity index (χ0v) is 34.9. The van der Waals surface area contributed by atoms with Gasteiger partial charge in [0.2, 0.25) is 5.91 Å². The van der Waals surface area contributed by atoms with Gasteiger partial charge in [-0.25, -0.2) is 19.6 Å². The molecule has 2 aliphatic rings. The number of amides is 4. The number of aromatic nitrogens is 4. The van der Waals surface area contributed by atoms with Crippen molar-refractivity contribution in [3.05, 3.63) is 72.6 Å². The van der Waals surface area contributed by atoms with Crippen LogP contribution in [0.2, 0.25) is 0 Å². The summed E-state index contributed by atoms with van der Waals surface area (Å²) >= 11 is 0. The number of methoxy groups -OCH3 is 4. The van der Waals surface area contributed by atoms with Gasteiger partial charge < -0.3 is 49.1 Å². The van der Waals surface area contributed by atoms with E-state index in [2.05, 4.69) is 30.6 Å². The van der Waals surface area contributed by atoms with E-state index in [-0.39, 0.29) is 17.9 Å². The van der Waals surface area contributed by atoms with Gasteiger partial charge in [0.15, 0.2) is 5.66 Å². The molecule has 7 N–H and O–H groups in total. The number of nitrogens with one attached hydrogen (secondary N) is 4. The molecule has 0 aliphatic carbocycles. The first-order valence-corrected chi connectivity index (χ1v) is 19.9. The summed E-state index contributed by atoms with van der Waals surface area (Å²) in [5.41, 5.74) is 10.0. The van der Waals surface area contributed by atoms with Crippen molar-refractivity contribution in [2.75, 3.05) is 41.6 Å². The molecule has 18 nitrogen and oxygen atoms in total. The Kier molecular flexibility index (Phi) is 13.6. The number of likely N-dealkylation sites (tertiary alicyclic amines) is 2. The number of benzene rings is 2. The largest absolute Gasteiger partial charge is 0.465 e. The second kappa shape index (κ2) is 18.6. The lowest BCUT2D eigenvalue weighted by atomic mass is 10.0. The van der Waals surface area contributed by atoms with Gasteiger partial charge in [-0.15, -0.1) is 0 Å². The molecule has 4 amide bonds. The van der Waals surface area contributed by atoms with Crippen LogP contribution >= 0.6 is 0 Å². The molecule has 6 rings (SSSR count). The first-order chi connectivity index (χ1) is 28.7. The van der Waals surface area contributed by atoms with E-state index in [1.165, 1.54) is 21.3 Å². The average Bonchev–Trinajstić information content (AvgIpc) is 4.09. The van der Waals surface area contributed by atoms with Gasteiger partial charge >= 0.3 is 12.2 Å². The Bertz CT molecular complexity index is 2120. The topological polar surface area (TPSA) is 239 Å². The number of hydrogen-bond donors (Lipinski definition) is 6. The molecule has 2 saturated heterocycles. The van der Waals surface area contributed by atoms with Crippen molar-refractivity contribution in [3.63, 3.8) is 0 Å². The Labute approximate surface area is 348 Å². The molecule has 2 aromatic heterocycles. The molecule has 0 spiro atoms. The van der Waals surface area contributed by atoms with Gasteiger partial charge in [0.05, 0.1) is 55.7 Å². The second-order valence-corrected chi connectivity index (χ2v) is 15.5. The molecule has 0 saturated carbocycles. The highest BCUT2D eigenvalue weighted by atomic mass is 16.5. The van der Waals surface area contributed by atoms with Crippen LogP contribution in [0.25, 0.3) is 33.6 Å². The minimum Gasteiger partial charge on any atom is -0.465 e. The SMILES string of the molecule is COC[C@H]1C[C@@H](c2ncc(-c3ccc(-c4ccc(-c5cnc([C@@H]6CC[C@H](C)N6C(=O)[C@](N)(NC(=O)OC)[C@@H](C)OC)[nH]5)cc4)cc3)[nH]2)N(C(=O)[C@@H](NC(=O)O)[C@@H](C)OC)C1. The maximum atomic E-state index is 14.0. The van der Waals surface area contributed by atoms with E-state index < -0.39 is 54.1 Å². The van der Waals surface area contributed by atoms with Gasteiger partial charge in [0.1, 0.15) is 23.8 Å². The number of rotatable bonds is 15. The van der Waals surface area contributed by atoms with E-state index in [0.717, 1.165) is 40.1 Å². The summed E-state index contributed by atoms with van der Waals surface area (Å²) in [6.45, 7) is 6.03. The molecule has 322 valence electrons. The Morgan fingerprint density at radius 1 is 0.867 bits per heavy atom. The van der Waals surface area contributed by atoms with Crippen molar-refractivity contribution < 1.29 is 43.2 Å². The molecule has 18 heteroatoms. The third kappa shape index (κ3) is 9.01. The Hall–Kier alpha value is -5.82. The van der Waals surface area contributed by atoms with Gasteiger partial charge in [0.25, 0.3) is 5.91 Å². The number of H-pyrrole nitrogens is 2. The highest BCUT2D eigenvalue weighted by Crippen LogP contribution is 2.39. The summed E-state index contributed by atoms with van der Waals surface area (Å²) in [6.07, 6.45) is 1.76. The molecule has 8 atom stereocenters. The summed E-state index contributed by atoms with van der Waals surface area (Å²) in [4.78, 5) is 71.0. The highest BCUT2D eigenvalue weighted by Gasteiger charge is 2.50. The van der Waals surface area contributed by atoms with E-state index in [0.29, 0.717) is 37.6 Å². The van der Waals surface area contributed by atoms with E-state index in [1.807, 2.05) is 55.5 Å². The van der Waals surface area contributed by atoms with Gasteiger partial charge in [-0.1, -0.05) is 48.5 Å². The van der Waals surface area contributed by atoms with Crippen LogP contribution in [0, 0.1) is 5.92 Å². The summed E-state index contributed by atoms with van der Waals surface area (Å²) in [5, 5.41) is 14.2. The summed E-state index contributed by atoms with van der Waals surface area (Å²) in [6, 6.07) is 14.0. The predicted octanol–water partition coefficient (Wildman–Crippen LogP) is 4.44. The van der Waals surface area contributed by atoms with Gasteiger partial charge in [-0.2, -0.15) is 0 Å². The molecule has 0 bridgehead atoms. The number of carboxylic acid groups (broad SMARTS) is 1. The van der Waals surface area contributed by atoms with Crippen molar-refractivity contribution in [1.29, 1.82) is 0 Å². The molecule has 2 fully saturated rings. The highest BCUT2D eigenvalue weighted by molar-refractivity contribution is 5.91. The smallest absolute Gasteiger partial charge is 0.408 e. The van der Waals surface area contributed by atoms with Crippen molar-refractivity contribution in [2.24, 2.45) is 11.7 Å². The summed E-state index contributed by atoms with van der Waals surface area (Å²) in [7, 11) is 5.67. The molecular weight excluding hydrogens is 775 g/mol. The van der Waals surface area contributed by atoms with Gasteiger partial charge in [-0.05, 0) is 62.3 Å². The van der Waals surface area contributed by atoms with Crippen LogP contribution in [0.5, 0.6) is 0 Å². The van der Waals surface area contributed by atoms with Crippen LogP contribution in [-0.4, -0.2) is 130 Å². The molecule has 0 radical (unpaired) electrons. The molecule has 4 heterocycles. The van der Waals surface area contributed by atoms with E-state index in [9.17, 15) is 24.3 Å². The van der Waals surface area contributed by atoms with Gasteiger partial charge in [0, 0.05) is 39.8 Å². The fourth-order valence-corrected chi connectivity index (χ4v) is 8.14. The lowest BCUT2D eigenvalue weighted by molar-refractivity contribution is -0.147. The number of ether oxygens (including phenoxy) is 4. The lowest BCUT2D eigenvalue weighted by Crippen LogP contribution is -2.71. The molecule has 4 aromatic rings. The van der Waals surface area contributed by atoms with Crippen LogP contribution in [0.4, 0.5) is 9.59 Å². The number of nitrogens with zero attached hydrogens (tertiary/aromatic N) is 4. The molecule has 2 aliphatic heterocycles. The molecule has 60 heavy (non-hydrogen) atoms. The van der Waals surface area contributed by atoms with E-state index >= 15 is 0 Å². The van der Waals surface area contributed by atoms with Crippen LogP contribution in [0.1, 0.15) is 63.8 Å². The Morgan fingerprint density at radius 2 is 1.42 bits per heavy atom. The maximum absolute atomic E-state index is 14.0. The van der Waals surface area contributed by atoms with Crippen LogP contribution in [-0.2, 0) is 28.5 Å². The number of nitrogens with two attached hydrogens (primary N) is 1. The third-order valence-electron chi connectivity index (χ3n) is 11.8. The quantitative estimate of drug-likeness (QED) is 0.0913. The van der Waals surface area contributed by atoms with Crippen molar-refractivity contribution in [2.45, 2.75) is 82.1 Å². The third-order valence-corrected chi connectivity index (χ3v) is 11.8. The van der Waals surface area contributed by atoms with Crippen molar-refractivity contribution in [1.82, 2.24) is 40.4 Å². The molecule has 0 unspecified atom stereocenters. The number of imidazole rings is 2. The number of alkyl carbamates (subject to hydrolysis) is 1. The summed E-state index contributed by atoms with van der Waals surface area (Å²) in [5.74, 6) is 0.363. The van der Waals surface area contributed by atoms with Crippen LogP contribution in [0.3, 0.4) is 0 Å². The minimum absolute atomic E-state index is 0.0414. The zero-order chi connectivity index (χ0) is 43.3. The minimum atomic E-state index is -1.87. The average molecular weight is 830 g/mol. The summed E-state index contributed by atoms with van der Waals surface area (Å²) < 4.78 is 20.9. The number of hydrogen-bond acceptors (Lipinski definition) is 11. The molecule has 2 aromatic carbocycles. The standard InChI is InChI=1S/C42H55N9O9/c1-23-8-17-33(51(23)39(53)42(43,25(3)59-6)49-41(56)60-7)36-44-19-31(46-36)29-13-9-27(10-14-29)28-11-15-30(16-12-28)32-20-45-37(47-32)34-18-26(22-57-4)21-50(34)38(52)35(24(2)58-5)48-40(54)55/h9-16,19-20,23-26,33-35,48H,8,17-18,21-22,43H2,1-7H3,(H,44,46)(H,45,47)(H,49,56)(H,54,55)/t23-,24+,25+,26-,33-,34-,35-,42+/m0/s1. The number of carbonyl (C=O) groups excluding carboxylic acids is 3. The van der Waals surface area contributed by atoms with Crippen LogP contribution < -0.4 is 16.4 Å². The predicted molar refractivity (Wildman–Crippen MR) is 220 cm³/mol. The monoisotopic (exact) mass is 829 g/mol. The fraction of sp³-hybridized carbons (Fsp3) is 0.476. The first-order valence-electron chi connectivity index (χ1n) is 19.9.